The van der Waals surface area contributed by atoms with Crippen LogP contribution in [0.4, 0.5) is 17.6 Å². The lowest BCUT2D eigenvalue weighted by Crippen LogP contribution is -2.22. The fourth-order valence-corrected chi connectivity index (χ4v) is 2.78. The standard InChI is InChI=1S/C20H18F4O4/c1-25-19(21,22)27-11-13-3-5-15-7-8-16-6-4-14(10-18(16)17(15)9-13)12-28-20(23,24)26-2/h3-10H,11-12H2,1-2H3. The third kappa shape index (κ3) is 4.77. The third-order valence-electron chi connectivity index (χ3n) is 4.26. The van der Waals surface area contributed by atoms with Gasteiger partial charge in [-0.2, -0.15) is 0 Å². The Morgan fingerprint density at radius 1 is 0.643 bits per heavy atom. The van der Waals surface area contributed by atoms with Gasteiger partial charge in [-0.25, -0.2) is 0 Å². The molecule has 0 heterocycles. The van der Waals surface area contributed by atoms with Crippen molar-refractivity contribution >= 4 is 21.5 Å². The molecule has 0 aliphatic carbocycles. The van der Waals surface area contributed by atoms with E-state index in [2.05, 4.69) is 18.9 Å². The Bertz CT molecular complexity index is 896. The summed E-state index contributed by atoms with van der Waals surface area (Å²) in [6.45, 7) is -0.702. The van der Waals surface area contributed by atoms with Crippen molar-refractivity contribution in [3.8, 4) is 0 Å². The van der Waals surface area contributed by atoms with Crippen LogP contribution in [0.2, 0.25) is 0 Å². The van der Waals surface area contributed by atoms with Crippen LogP contribution in [0.25, 0.3) is 21.5 Å². The second kappa shape index (κ2) is 8.00. The van der Waals surface area contributed by atoms with E-state index in [9.17, 15) is 17.6 Å². The number of methoxy groups -OCH3 is 2. The van der Waals surface area contributed by atoms with Gasteiger partial charge in [-0.05, 0) is 44.8 Å². The average Bonchev–Trinajstić information content (AvgIpc) is 2.70. The molecule has 0 radical (unpaired) electrons. The summed E-state index contributed by atoms with van der Waals surface area (Å²) >= 11 is 0. The van der Waals surface area contributed by atoms with Crippen molar-refractivity contribution in [2.75, 3.05) is 14.2 Å². The summed E-state index contributed by atoms with van der Waals surface area (Å²) in [7, 11) is 1.70. The van der Waals surface area contributed by atoms with Gasteiger partial charge in [-0.15, -0.1) is 17.6 Å². The van der Waals surface area contributed by atoms with Crippen LogP contribution in [0, 0.1) is 0 Å². The first-order chi connectivity index (χ1) is 13.2. The molecule has 4 nitrogen and oxygen atoms in total. The lowest BCUT2D eigenvalue weighted by molar-refractivity contribution is -0.388. The highest BCUT2D eigenvalue weighted by Gasteiger charge is 2.30. The molecule has 0 saturated carbocycles. The molecule has 3 aromatic carbocycles. The number of rotatable bonds is 8. The van der Waals surface area contributed by atoms with Crippen LogP contribution in [-0.2, 0) is 32.2 Å². The number of alkyl halides is 4. The van der Waals surface area contributed by atoms with Crippen LogP contribution < -0.4 is 0 Å². The quantitative estimate of drug-likeness (QED) is 0.288. The molecule has 0 amide bonds. The smallest absolute Gasteiger partial charge is 0.299 e. The zero-order chi connectivity index (χ0) is 20.4. The zero-order valence-corrected chi connectivity index (χ0v) is 15.2. The number of hydrogen-bond donors (Lipinski definition) is 0. The lowest BCUT2D eigenvalue weighted by atomic mass is 9.98. The van der Waals surface area contributed by atoms with E-state index in [0.29, 0.717) is 11.1 Å². The van der Waals surface area contributed by atoms with Gasteiger partial charge in [-0.1, -0.05) is 36.4 Å². The van der Waals surface area contributed by atoms with Gasteiger partial charge in [0.05, 0.1) is 13.2 Å². The number of halogens is 4. The van der Waals surface area contributed by atoms with Crippen molar-refractivity contribution in [3.63, 3.8) is 0 Å². The normalized spacial score (nSPS) is 12.8. The summed E-state index contributed by atoms with van der Waals surface area (Å²) in [5, 5.41) is 3.30. The van der Waals surface area contributed by atoms with Gasteiger partial charge in [0.15, 0.2) is 0 Å². The van der Waals surface area contributed by atoms with Gasteiger partial charge >= 0.3 is 12.6 Å². The minimum atomic E-state index is -3.68. The Morgan fingerprint density at radius 2 is 1.00 bits per heavy atom. The molecule has 0 N–H and O–H groups in total. The molecule has 8 heteroatoms. The topological polar surface area (TPSA) is 36.9 Å². The highest BCUT2D eigenvalue weighted by atomic mass is 19.3. The molecular formula is C20H18F4O4. The number of benzene rings is 3. The van der Waals surface area contributed by atoms with Crippen LogP contribution in [0.3, 0.4) is 0 Å². The zero-order valence-electron chi connectivity index (χ0n) is 15.2. The Labute approximate surface area is 158 Å². The Morgan fingerprint density at radius 3 is 1.36 bits per heavy atom. The first-order valence-corrected chi connectivity index (χ1v) is 8.31. The molecule has 150 valence electrons. The molecule has 3 rings (SSSR count). The molecule has 0 bridgehead atoms. The minimum Gasteiger partial charge on any atom is -0.299 e. The van der Waals surface area contributed by atoms with E-state index >= 15 is 0 Å². The van der Waals surface area contributed by atoms with Gasteiger partial charge in [0.2, 0.25) is 0 Å². The van der Waals surface area contributed by atoms with E-state index in [-0.39, 0.29) is 13.2 Å². The van der Waals surface area contributed by atoms with Gasteiger partial charge in [0.1, 0.15) is 0 Å². The second-order valence-electron chi connectivity index (χ2n) is 6.09. The molecule has 0 fully saturated rings. The number of ether oxygens (including phenoxy) is 4. The minimum absolute atomic E-state index is 0.351. The fourth-order valence-electron chi connectivity index (χ4n) is 2.78. The number of fused-ring (bicyclic) bond motifs is 3. The fraction of sp³-hybridized carbons (Fsp3) is 0.300. The Hall–Kier alpha value is -2.26. The summed E-state index contributed by atoms with van der Waals surface area (Å²) in [5.74, 6) is 0. The van der Waals surface area contributed by atoms with E-state index in [1.165, 1.54) is 0 Å². The van der Waals surface area contributed by atoms with E-state index in [4.69, 9.17) is 0 Å². The second-order valence-corrected chi connectivity index (χ2v) is 6.09. The first kappa shape index (κ1) is 20.5. The predicted molar refractivity (Wildman–Crippen MR) is 94.9 cm³/mol. The maximum absolute atomic E-state index is 13.1. The maximum Gasteiger partial charge on any atom is 0.485 e. The maximum atomic E-state index is 13.1. The van der Waals surface area contributed by atoms with Crippen molar-refractivity contribution in [2.45, 2.75) is 25.8 Å². The van der Waals surface area contributed by atoms with Gasteiger partial charge in [0.25, 0.3) is 0 Å². The van der Waals surface area contributed by atoms with Crippen LogP contribution in [-0.4, -0.2) is 26.8 Å². The summed E-state index contributed by atoms with van der Waals surface area (Å²) in [6.07, 6.45) is -7.35. The summed E-state index contributed by atoms with van der Waals surface area (Å²) < 4.78 is 69.4. The van der Waals surface area contributed by atoms with Crippen LogP contribution in [0.5, 0.6) is 0 Å². The van der Waals surface area contributed by atoms with E-state index in [1.807, 2.05) is 12.1 Å². The van der Waals surface area contributed by atoms with Crippen LogP contribution >= 0.6 is 0 Å². The average molecular weight is 398 g/mol. The highest BCUT2D eigenvalue weighted by Crippen LogP contribution is 2.29. The lowest BCUT2D eigenvalue weighted by Gasteiger charge is -2.15. The van der Waals surface area contributed by atoms with Crippen molar-refractivity contribution in [2.24, 2.45) is 0 Å². The third-order valence-corrected chi connectivity index (χ3v) is 4.26. The monoisotopic (exact) mass is 398 g/mol. The molecule has 0 aromatic heterocycles. The van der Waals surface area contributed by atoms with Crippen molar-refractivity contribution < 1.29 is 36.5 Å². The number of hydrogen-bond acceptors (Lipinski definition) is 4. The molecule has 0 unspecified atom stereocenters. The van der Waals surface area contributed by atoms with Crippen molar-refractivity contribution in [1.29, 1.82) is 0 Å². The molecule has 0 spiro atoms. The summed E-state index contributed by atoms with van der Waals surface area (Å²) in [5.41, 5.74) is 1.04. The Kier molecular flexibility index (Phi) is 5.85. The predicted octanol–water partition coefficient (Wildman–Crippen LogP) is 5.42. The van der Waals surface area contributed by atoms with Crippen LogP contribution in [0.1, 0.15) is 11.1 Å². The SMILES string of the molecule is COC(F)(F)OCc1ccc2ccc3ccc(COC(F)(F)OC)cc3c2c1. The highest BCUT2D eigenvalue weighted by molar-refractivity contribution is 6.07. The summed E-state index contributed by atoms with van der Waals surface area (Å²) in [6, 6.07) is 14.1. The van der Waals surface area contributed by atoms with Gasteiger partial charge < -0.3 is 0 Å². The van der Waals surface area contributed by atoms with Gasteiger partial charge in [0, 0.05) is 14.2 Å². The molecule has 0 aliphatic rings. The van der Waals surface area contributed by atoms with Crippen molar-refractivity contribution in [3.05, 3.63) is 59.7 Å². The first-order valence-electron chi connectivity index (χ1n) is 8.31. The van der Waals surface area contributed by atoms with Crippen LogP contribution in [0.15, 0.2) is 48.5 Å². The van der Waals surface area contributed by atoms with E-state index in [1.54, 1.807) is 36.4 Å². The molecule has 28 heavy (non-hydrogen) atoms. The molecule has 0 saturated heterocycles. The Balaban J connectivity index is 1.93. The van der Waals surface area contributed by atoms with E-state index in [0.717, 1.165) is 35.8 Å². The molecule has 0 aliphatic heterocycles. The summed E-state index contributed by atoms with van der Waals surface area (Å²) in [4.78, 5) is 0. The van der Waals surface area contributed by atoms with Gasteiger partial charge in [-0.3, -0.25) is 18.9 Å². The largest absolute Gasteiger partial charge is 0.485 e. The molecule has 0 atom stereocenters. The van der Waals surface area contributed by atoms with E-state index < -0.39 is 12.6 Å². The van der Waals surface area contributed by atoms with Crippen molar-refractivity contribution in [1.82, 2.24) is 0 Å². The molecule has 3 aromatic rings. The molecular weight excluding hydrogens is 380 g/mol.